The van der Waals surface area contributed by atoms with Gasteiger partial charge in [0, 0.05) is 37.0 Å². The molecule has 1 atom stereocenters. The molecule has 2 aromatic heterocycles. The SMILES string of the molecule is COCC1CN(C(=O)c2cc3ccccc3s2)Cc2cncn2C1. The van der Waals surface area contributed by atoms with Crippen LogP contribution in [0.15, 0.2) is 42.9 Å². The van der Waals surface area contributed by atoms with Crippen molar-refractivity contribution in [2.24, 2.45) is 5.92 Å². The van der Waals surface area contributed by atoms with Crippen molar-refractivity contribution in [1.82, 2.24) is 14.5 Å². The first-order chi connectivity index (χ1) is 11.7. The Bertz CT molecular complexity index is 837. The van der Waals surface area contributed by atoms with Crippen molar-refractivity contribution in [2.75, 3.05) is 20.3 Å². The fourth-order valence-electron chi connectivity index (χ4n) is 3.29. The molecule has 4 rings (SSSR count). The third-order valence-electron chi connectivity index (χ3n) is 4.41. The van der Waals surface area contributed by atoms with Gasteiger partial charge in [-0.15, -0.1) is 11.3 Å². The lowest BCUT2D eigenvalue weighted by Gasteiger charge is -2.23. The molecule has 0 radical (unpaired) electrons. The largest absolute Gasteiger partial charge is 0.384 e. The Balaban J connectivity index is 1.64. The Morgan fingerprint density at radius 1 is 1.38 bits per heavy atom. The number of thiophene rings is 1. The number of aromatic nitrogens is 2. The average molecular weight is 341 g/mol. The molecule has 24 heavy (non-hydrogen) atoms. The minimum Gasteiger partial charge on any atom is -0.384 e. The van der Waals surface area contributed by atoms with Gasteiger partial charge < -0.3 is 14.2 Å². The number of benzene rings is 1. The molecule has 3 aromatic rings. The van der Waals surface area contributed by atoms with Crippen LogP contribution in [0.1, 0.15) is 15.4 Å². The molecule has 0 aliphatic carbocycles. The number of methoxy groups -OCH3 is 1. The molecule has 3 heterocycles. The number of amides is 1. The molecule has 1 unspecified atom stereocenters. The van der Waals surface area contributed by atoms with Gasteiger partial charge in [0.2, 0.25) is 0 Å². The summed E-state index contributed by atoms with van der Waals surface area (Å²) in [5.41, 5.74) is 1.07. The summed E-state index contributed by atoms with van der Waals surface area (Å²) in [6.07, 6.45) is 3.69. The maximum atomic E-state index is 13.1. The summed E-state index contributed by atoms with van der Waals surface area (Å²) in [5, 5.41) is 1.12. The lowest BCUT2D eigenvalue weighted by atomic mass is 10.1. The molecule has 0 fully saturated rings. The Labute approximate surface area is 144 Å². The van der Waals surface area contributed by atoms with Gasteiger partial charge in [-0.25, -0.2) is 4.98 Å². The van der Waals surface area contributed by atoms with Gasteiger partial charge in [0.25, 0.3) is 5.91 Å². The Hall–Kier alpha value is -2.18. The number of imidazole rings is 1. The summed E-state index contributed by atoms with van der Waals surface area (Å²) in [4.78, 5) is 20.0. The fraction of sp³-hybridized carbons (Fsp3) is 0.333. The molecule has 0 N–H and O–H groups in total. The second kappa shape index (κ2) is 6.37. The van der Waals surface area contributed by atoms with Crippen molar-refractivity contribution < 1.29 is 9.53 Å². The van der Waals surface area contributed by atoms with Crippen LogP contribution in [0.2, 0.25) is 0 Å². The molecular formula is C18H19N3O2S. The van der Waals surface area contributed by atoms with Gasteiger partial charge in [-0.3, -0.25) is 4.79 Å². The van der Waals surface area contributed by atoms with Crippen LogP contribution in [0, 0.1) is 5.92 Å². The number of hydrogen-bond acceptors (Lipinski definition) is 4. The van der Waals surface area contributed by atoms with Gasteiger partial charge in [-0.1, -0.05) is 18.2 Å². The molecule has 1 aromatic carbocycles. The summed E-state index contributed by atoms with van der Waals surface area (Å²) in [6.45, 7) is 2.75. The highest BCUT2D eigenvalue weighted by atomic mass is 32.1. The molecule has 1 amide bonds. The number of carbonyl (C=O) groups is 1. The molecular weight excluding hydrogens is 322 g/mol. The molecule has 124 valence electrons. The molecule has 6 heteroatoms. The topological polar surface area (TPSA) is 47.4 Å². The van der Waals surface area contributed by atoms with E-state index in [-0.39, 0.29) is 11.8 Å². The summed E-state index contributed by atoms with van der Waals surface area (Å²) in [6, 6.07) is 10.1. The maximum Gasteiger partial charge on any atom is 0.264 e. The molecule has 0 spiro atoms. The lowest BCUT2D eigenvalue weighted by molar-refractivity contribution is 0.0672. The first-order valence-corrected chi connectivity index (χ1v) is 8.82. The number of ether oxygens (including phenoxy) is 1. The quantitative estimate of drug-likeness (QED) is 0.736. The van der Waals surface area contributed by atoms with Crippen molar-refractivity contribution in [3.8, 4) is 0 Å². The molecule has 0 bridgehead atoms. The standard InChI is InChI=1S/C18H19N3O2S/c1-23-11-13-8-20(10-15-7-19-12-21(15)9-13)18(22)17-6-14-4-2-3-5-16(14)24-17/h2-7,12-13H,8-11H2,1H3. The van der Waals surface area contributed by atoms with Gasteiger partial charge in [0.15, 0.2) is 0 Å². The summed E-state index contributed by atoms with van der Waals surface area (Å²) in [5.74, 6) is 0.357. The van der Waals surface area contributed by atoms with Crippen LogP contribution in [0.25, 0.3) is 10.1 Å². The number of rotatable bonds is 3. The Morgan fingerprint density at radius 2 is 2.25 bits per heavy atom. The monoisotopic (exact) mass is 341 g/mol. The number of hydrogen-bond donors (Lipinski definition) is 0. The smallest absolute Gasteiger partial charge is 0.264 e. The van der Waals surface area contributed by atoms with E-state index in [4.69, 9.17) is 4.74 Å². The molecule has 5 nitrogen and oxygen atoms in total. The molecule has 1 aliphatic heterocycles. The first-order valence-electron chi connectivity index (χ1n) is 8.00. The van der Waals surface area contributed by atoms with E-state index in [9.17, 15) is 4.79 Å². The van der Waals surface area contributed by atoms with Crippen LogP contribution < -0.4 is 0 Å². The number of carbonyl (C=O) groups excluding carboxylic acids is 1. The van der Waals surface area contributed by atoms with Crippen molar-refractivity contribution in [2.45, 2.75) is 13.1 Å². The predicted octanol–water partition coefficient (Wildman–Crippen LogP) is 3.02. The van der Waals surface area contributed by atoms with E-state index in [1.165, 1.54) is 0 Å². The Morgan fingerprint density at radius 3 is 3.08 bits per heavy atom. The Kier molecular flexibility index (Phi) is 4.08. The van der Waals surface area contributed by atoms with Crippen LogP contribution in [-0.2, 0) is 17.8 Å². The summed E-state index contributed by atoms with van der Waals surface area (Å²) >= 11 is 1.56. The summed E-state index contributed by atoms with van der Waals surface area (Å²) < 4.78 is 8.62. The van der Waals surface area contributed by atoms with E-state index < -0.39 is 0 Å². The highest BCUT2D eigenvalue weighted by Crippen LogP contribution is 2.28. The van der Waals surface area contributed by atoms with Gasteiger partial charge in [-0.05, 0) is 17.5 Å². The van der Waals surface area contributed by atoms with Gasteiger partial charge in [0.05, 0.1) is 30.1 Å². The molecule has 1 aliphatic rings. The number of nitrogens with zero attached hydrogens (tertiary/aromatic N) is 3. The van der Waals surface area contributed by atoms with E-state index in [1.807, 2.05) is 41.7 Å². The third kappa shape index (κ3) is 2.83. The van der Waals surface area contributed by atoms with Gasteiger partial charge >= 0.3 is 0 Å². The normalized spacial score (nSPS) is 17.7. The van der Waals surface area contributed by atoms with E-state index >= 15 is 0 Å². The first kappa shape index (κ1) is 15.4. The minimum atomic E-state index is 0.0898. The van der Waals surface area contributed by atoms with E-state index in [0.29, 0.717) is 19.7 Å². The van der Waals surface area contributed by atoms with Crippen LogP contribution in [-0.4, -0.2) is 40.6 Å². The van der Waals surface area contributed by atoms with Crippen molar-refractivity contribution in [3.63, 3.8) is 0 Å². The van der Waals surface area contributed by atoms with Crippen molar-refractivity contribution in [3.05, 3.63) is 53.4 Å². The van der Waals surface area contributed by atoms with Crippen LogP contribution in [0.4, 0.5) is 0 Å². The predicted molar refractivity (Wildman–Crippen MR) is 94.2 cm³/mol. The lowest BCUT2D eigenvalue weighted by Crippen LogP contribution is -2.34. The van der Waals surface area contributed by atoms with Crippen molar-refractivity contribution >= 4 is 27.3 Å². The minimum absolute atomic E-state index is 0.0898. The fourth-order valence-corrected chi connectivity index (χ4v) is 4.32. The zero-order chi connectivity index (χ0) is 16.5. The average Bonchev–Trinajstić information content (AvgIpc) is 3.17. The third-order valence-corrected chi connectivity index (χ3v) is 5.51. The number of fused-ring (bicyclic) bond motifs is 2. The van der Waals surface area contributed by atoms with Crippen LogP contribution in [0.3, 0.4) is 0 Å². The second-order valence-corrected chi connectivity index (χ2v) is 7.28. The van der Waals surface area contributed by atoms with E-state index in [2.05, 4.69) is 15.6 Å². The summed E-state index contributed by atoms with van der Waals surface area (Å²) in [7, 11) is 1.71. The van der Waals surface area contributed by atoms with Crippen molar-refractivity contribution in [1.29, 1.82) is 0 Å². The zero-order valence-corrected chi connectivity index (χ0v) is 14.3. The second-order valence-electron chi connectivity index (χ2n) is 6.19. The van der Waals surface area contributed by atoms with Gasteiger partial charge in [0.1, 0.15) is 0 Å². The maximum absolute atomic E-state index is 13.1. The molecule has 0 saturated heterocycles. The van der Waals surface area contributed by atoms with Gasteiger partial charge in [-0.2, -0.15) is 0 Å². The molecule has 0 saturated carbocycles. The highest BCUT2D eigenvalue weighted by Gasteiger charge is 2.26. The van der Waals surface area contributed by atoms with E-state index in [0.717, 1.165) is 27.2 Å². The highest BCUT2D eigenvalue weighted by molar-refractivity contribution is 7.20. The van der Waals surface area contributed by atoms with E-state index in [1.54, 1.807) is 18.4 Å². The zero-order valence-electron chi connectivity index (χ0n) is 13.5. The van der Waals surface area contributed by atoms with Crippen LogP contribution in [0.5, 0.6) is 0 Å². The van der Waals surface area contributed by atoms with Crippen LogP contribution >= 0.6 is 11.3 Å².